The minimum Gasteiger partial charge on any atom is -0.454 e. The van der Waals surface area contributed by atoms with Crippen LogP contribution in [0.25, 0.3) is 0 Å². The van der Waals surface area contributed by atoms with E-state index in [2.05, 4.69) is 13.0 Å². The Kier molecular flexibility index (Phi) is 4.42. The molecule has 0 spiro atoms. The highest BCUT2D eigenvalue weighted by Gasteiger charge is 2.36. The Morgan fingerprint density at radius 2 is 2.00 bits per heavy atom. The largest absolute Gasteiger partial charge is 0.454 e. The first kappa shape index (κ1) is 17.6. The molecule has 1 atom stereocenters. The number of benzene rings is 1. The summed E-state index contributed by atoms with van der Waals surface area (Å²) >= 11 is 0. The molecule has 0 radical (unpaired) electrons. The molecule has 6 heteroatoms. The summed E-state index contributed by atoms with van der Waals surface area (Å²) in [5, 5.41) is 0. The van der Waals surface area contributed by atoms with Gasteiger partial charge in [0.2, 0.25) is 6.79 Å². The number of ketones is 1. The summed E-state index contributed by atoms with van der Waals surface area (Å²) in [6.07, 6.45) is 4.52. The van der Waals surface area contributed by atoms with Crippen molar-refractivity contribution in [3.8, 4) is 11.5 Å². The van der Waals surface area contributed by atoms with Gasteiger partial charge >= 0.3 is 0 Å². The number of ether oxygens (including phenoxy) is 2. The number of hydrogen-bond donors (Lipinski definition) is 0. The summed E-state index contributed by atoms with van der Waals surface area (Å²) in [4.78, 5) is 27.1. The molecule has 0 bridgehead atoms. The van der Waals surface area contributed by atoms with Gasteiger partial charge in [0.25, 0.3) is 11.7 Å². The predicted molar refractivity (Wildman–Crippen MR) is 99.9 cm³/mol. The lowest BCUT2D eigenvalue weighted by Crippen LogP contribution is -2.48. The van der Waals surface area contributed by atoms with Crippen LogP contribution < -0.4 is 9.47 Å². The summed E-state index contributed by atoms with van der Waals surface area (Å²) in [6.45, 7) is 3.66. The van der Waals surface area contributed by atoms with E-state index in [1.807, 2.05) is 12.1 Å². The average molecular weight is 368 g/mol. The van der Waals surface area contributed by atoms with Gasteiger partial charge in [0, 0.05) is 26.3 Å². The molecule has 4 rings (SSSR count). The molecule has 1 aromatic carbocycles. The Morgan fingerprint density at radius 3 is 2.78 bits per heavy atom. The van der Waals surface area contributed by atoms with Gasteiger partial charge in [-0.3, -0.25) is 9.59 Å². The maximum absolute atomic E-state index is 12.8. The lowest BCUT2D eigenvalue weighted by atomic mass is 9.76. The molecule has 1 aromatic heterocycles. The van der Waals surface area contributed by atoms with E-state index in [0.717, 1.165) is 36.3 Å². The van der Waals surface area contributed by atoms with Crippen LogP contribution in [0.1, 0.15) is 35.8 Å². The number of aromatic nitrogens is 1. The van der Waals surface area contributed by atoms with Crippen molar-refractivity contribution < 1.29 is 19.1 Å². The summed E-state index contributed by atoms with van der Waals surface area (Å²) in [7, 11) is 1.78. The van der Waals surface area contributed by atoms with Crippen molar-refractivity contribution >= 4 is 11.7 Å². The fourth-order valence-electron chi connectivity index (χ4n) is 4.13. The zero-order valence-electron chi connectivity index (χ0n) is 15.7. The van der Waals surface area contributed by atoms with Crippen molar-refractivity contribution in [2.45, 2.75) is 26.2 Å². The van der Waals surface area contributed by atoms with Crippen LogP contribution in [0.5, 0.6) is 11.5 Å². The number of likely N-dealkylation sites (tertiary alicyclic amines) is 1. The van der Waals surface area contributed by atoms with Gasteiger partial charge < -0.3 is 18.9 Å². The molecule has 2 aromatic rings. The first-order valence-electron chi connectivity index (χ1n) is 9.29. The van der Waals surface area contributed by atoms with Crippen molar-refractivity contribution in [3.05, 3.63) is 47.8 Å². The number of piperidine rings is 1. The van der Waals surface area contributed by atoms with Gasteiger partial charge in [-0.05, 0) is 54.5 Å². The van der Waals surface area contributed by atoms with Crippen LogP contribution in [0.4, 0.5) is 0 Å². The van der Waals surface area contributed by atoms with E-state index >= 15 is 0 Å². The highest BCUT2D eigenvalue weighted by Crippen LogP contribution is 2.37. The topological polar surface area (TPSA) is 60.8 Å². The highest BCUT2D eigenvalue weighted by atomic mass is 16.7. The summed E-state index contributed by atoms with van der Waals surface area (Å²) in [5.74, 6) is 0.708. The molecule has 3 heterocycles. The van der Waals surface area contributed by atoms with E-state index < -0.39 is 11.7 Å². The quantitative estimate of drug-likeness (QED) is 0.615. The summed E-state index contributed by atoms with van der Waals surface area (Å²) in [6, 6.07) is 9.47. The minimum atomic E-state index is -0.435. The van der Waals surface area contributed by atoms with Gasteiger partial charge in [-0.15, -0.1) is 0 Å². The van der Waals surface area contributed by atoms with Crippen LogP contribution >= 0.6 is 0 Å². The number of Topliss-reactive ketones (excluding diaryl/α,β-unsaturated/α-hetero) is 1. The second kappa shape index (κ2) is 6.76. The number of aryl methyl sites for hydroxylation is 1. The highest BCUT2D eigenvalue weighted by molar-refractivity contribution is 6.42. The molecule has 0 saturated carbocycles. The van der Waals surface area contributed by atoms with Crippen molar-refractivity contribution in [1.29, 1.82) is 0 Å². The first-order valence-corrected chi connectivity index (χ1v) is 9.29. The standard InChI is InChI=1S/C21H24N2O4/c1-21(12-15-6-7-17-18(11-15)27-14-26-17)8-4-10-23(13-21)20(25)19(24)16-5-3-9-22(16)2/h3,5-7,9,11H,4,8,10,12-14H2,1-2H3/t21-/m0/s1. The zero-order valence-corrected chi connectivity index (χ0v) is 15.7. The second-order valence-corrected chi connectivity index (χ2v) is 7.84. The molecule has 2 aliphatic heterocycles. The van der Waals surface area contributed by atoms with Crippen LogP contribution in [-0.2, 0) is 18.3 Å². The minimum absolute atomic E-state index is 0.0733. The fraction of sp³-hybridized carbons (Fsp3) is 0.429. The number of nitrogens with zero attached hydrogens (tertiary/aromatic N) is 2. The Bertz CT molecular complexity index is 888. The molecule has 1 fully saturated rings. The molecule has 1 saturated heterocycles. The molecule has 0 unspecified atom stereocenters. The van der Waals surface area contributed by atoms with Crippen LogP contribution in [0.3, 0.4) is 0 Å². The average Bonchev–Trinajstić information content (AvgIpc) is 3.28. The number of rotatable bonds is 4. The SMILES string of the molecule is Cn1cccc1C(=O)C(=O)N1CCC[C@@](C)(Cc2ccc3c(c2)OCO3)C1. The summed E-state index contributed by atoms with van der Waals surface area (Å²) in [5.41, 5.74) is 1.52. The molecule has 2 aliphatic rings. The molecule has 1 amide bonds. The van der Waals surface area contributed by atoms with Crippen LogP contribution in [-0.4, -0.2) is 41.0 Å². The second-order valence-electron chi connectivity index (χ2n) is 7.84. The lowest BCUT2D eigenvalue weighted by Gasteiger charge is -2.40. The Hall–Kier alpha value is -2.76. The number of carbonyl (C=O) groups excluding carboxylic acids is 2. The van der Waals surface area contributed by atoms with Crippen molar-refractivity contribution in [2.24, 2.45) is 12.5 Å². The van der Waals surface area contributed by atoms with Gasteiger partial charge in [-0.25, -0.2) is 0 Å². The van der Waals surface area contributed by atoms with Gasteiger partial charge in [0.1, 0.15) is 0 Å². The molecule has 142 valence electrons. The van der Waals surface area contributed by atoms with E-state index in [1.165, 1.54) is 0 Å². The third-order valence-corrected chi connectivity index (χ3v) is 5.51. The van der Waals surface area contributed by atoms with Gasteiger partial charge in [-0.1, -0.05) is 13.0 Å². The van der Waals surface area contributed by atoms with Crippen LogP contribution in [0.15, 0.2) is 36.5 Å². The van der Waals surface area contributed by atoms with Crippen molar-refractivity contribution in [2.75, 3.05) is 19.9 Å². The molecule has 0 aliphatic carbocycles. The van der Waals surface area contributed by atoms with Crippen LogP contribution in [0, 0.1) is 5.41 Å². The van der Waals surface area contributed by atoms with E-state index in [4.69, 9.17) is 9.47 Å². The number of amides is 1. The third kappa shape index (κ3) is 3.44. The van der Waals surface area contributed by atoms with E-state index in [0.29, 0.717) is 18.8 Å². The fourth-order valence-corrected chi connectivity index (χ4v) is 4.13. The van der Waals surface area contributed by atoms with E-state index in [-0.39, 0.29) is 12.2 Å². The first-order chi connectivity index (χ1) is 13.0. The summed E-state index contributed by atoms with van der Waals surface area (Å²) < 4.78 is 12.5. The molecular formula is C21H24N2O4. The number of hydrogen-bond acceptors (Lipinski definition) is 4. The van der Waals surface area contributed by atoms with Crippen molar-refractivity contribution in [1.82, 2.24) is 9.47 Å². The Morgan fingerprint density at radius 1 is 1.19 bits per heavy atom. The van der Waals surface area contributed by atoms with Gasteiger partial charge in [0.05, 0.1) is 5.69 Å². The predicted octanol–water partition coefficient (Wildman–Crippen LogP) is 2.81. The van der Waals surface area contributed by atoms with E-state index in [1.54, 1.807) is 34.8 Å². The number of carbonyl (C=O) groups is 2. The van der Waals surface area contributed by atoms with E-state index in [9.17, 15) is 9.59 Å². The normalized spacial score (nSPS) is 21.3. The van der Waals surface area contributed by atoms with Crippen LogP contribution in [0.2, 0.25) is 0 Å². The number of fused-ring (bicyclic) bond motifs is 1. The molecule has 27 heavy (non-hydrogen) atoms. The molecular weight excluding hydrogens is 344 g/mol. The Balaban J connectivity index is 1.47. The van der Waals surface area contributed by atoms with Gasteiger partial charge in [0.15, 0.2) is 11.5 Å². The third-order valence-electron chi connectivity index (χ3n) is 5.51. The molecule has 0 N–H and O–H groups in total. The maximum Gasteiger partial charge on any atom is 0.296 e. The monoisotopic (exact) mass is 368 g/mol. The van der Waals surface area contributed by atoms with Crippen molar-refractivity contribution in [3.63, 3.8) is 0 Å². The maximum atomic E-state index is 12.8. The molecule has 6 nitrogen and oxygen atoms in total. The van der Waals surface area contributed by atoms with Gasteiger partial charge in [-0.2, -0.15) is 0 Å². The lowest BCUT2D eigenvalue weighted by molar-refractivity contribution is -0.129. The zero-order chi connectivity index (χ0) is 19.0. The Labute approximate surface area is 158 Å². The smallest absolute Gasteiger partial charge is 0.296 e.